The minimum absolute atomic E-state index is 0.136. The molecule has 0 bridgehead atoms. The van der Waals surface area contributed by atoms with Crippen molar-refractivity contribution in [3.05, 3.63) is 36.5 Å². The number of phosphoric ester groups is 1. The number of unbranched alkanes of at least 4 members (excludes halogenated alkanes) is 27. The number of aliphatic hydroxyl groups is 1. The molecule has 0 aliphatic heterocycles. The summed E-state index contributed by atoms with van der Waals surface area (Å²) in [6.45, 7) is 4.51. The number of aliphatic hydroxyl groups excluding tert-OH is 1. The number of esters is 3. The zero-order valence-corrected chi connectivity index (χ0v) is 43.3. The van der Waals surface area contributed by atoms with Crippen LogP contribution >= 0.6 is 7.82 Å². The lowest BCUT2D eigenvalue weighted by Crippen LogP contribution is -2.30. The Hall–Kier alpha value is -2.30. The maximum absolute atomic E-state index is 12.8. The van der Waals surface area contributed by atoms with Crippen LogP contribution in [-0.2, 0) is 42.2 Å². The summed E-state index contributed by atoms with van der Waals surface area (Å²) in [6, 6.07) is 0. The number of rotatable bonds is 50. The Morgan fingerprint density at radius 1 is 0.439 bits per heavy atom. The van der Waals surface area contributed by atoms with Gasteiger partial charge in [-0.05, 0) is 51.4 Å². The third-order valence-electron chi connectivity index (χ3n) is 11.6. The molecule has 0 aromatic heterocycles. The van der Waals surface area contributed by atoms with Gasteiger partial charge in [0.1, 0.15) is 12.7 Å². The zero-order chi connectivity index (χ0) is 48.4. The van der Waals surface area contributed by atoms with Crippen molar-refractivity contribution in [3.8, 4) is 0 Å². The molecule has 0 heterocycles. The second-order valence-electron chi connectivity index (χ2n) is 18.0. The van der Waals surface area contributed by atoms with Gasteiger partial charge in [0, 0.05) is 19.3 Å². The Morgan fingerprint density at radius 3 is 1.21 bits per heavy atom. The average Bonchev–Trinajstić information content (AvgIpc) is 3.30. The summed E-state index contributed by atoms with van der Waals surface area (Å²) in [5.41, 5.74) is 0. The van der Waals surface area contributed by atoms with Gasteiger partial charge in [-0.3, -0.25) is 23.4 Å². The highest BCUT2D eigenvalue weighted by Gasteiger charge is 2.28. The zero-order valence-electron chi connectivity index (χ0n) is 42.4. The Bertz CT molecular complexity index is 1250. The molecule has 66 heavy (non-hydrogen) atoms. The van der Waals surface area contributed by atoms with E-state index in [1.54, 1.807) is 0 Å². The van der Waals surface area contributed by atoms with E-state index in [1.165, 1.54) is 116 Å². The maximum Gasteiger partial charge on any atom is 0.472 e. The fourth-order valence-electron chi connectivity index (χ4n) is 7.49. The van der Waals surface area contributed by atoms with Crippen LogP contribution < -0.4 is 0 Å². The van der Waals surface area contributed by atoms with Crippen LogP contribution in [0.3, 0.4) is 0 Å². The molecule has 0 fully saturated rings. The SMILES string of the molecule is CC/C=C\C/C=C\C/C=C\CCCCCC(=O)OC(COC(=O)CCCCCCCCCCCCCCC)COP(=O)(O)OCC(CO)OC(=O)CCCCCCCCCCCCCCC. The van der Waals surface area contributed by atoms with Gasteiger partial charge in [-0.25, -0.2) is 4.57 Å². The molecule has 0 spiro atoms. The number of allylic oxidation sites excluding steroid dienone is 6. The van der Waals surface area contributed by atoms with E-state index >= 15 is 0 Å². The summed E-state index contributed by atoms with van der Waals surface area (Å²) < 4.78 is 39.4. The van der Waals surface area contributed by atoms with Crippen molar-refractivity contribution >= 4 is 25.7 Å². The Balaban J connectivity index is 4.73. The van der Waals surface area contributed by atoms with Gasteiger partial charge < -0.3 is 24.2 Å². The fraction of sp³-hybridized carbons (Fsp3) is 0.833. The van der Waals surface area contributed by atoms with Crippen LogP contribution in [0.4, 0.5) is 0 Å². The molecule has 12 heteroatoms. The molecule has 0 aliphatic rings. The van der Waals surface area contributed by atoms with Crippen molar-refractivity contribution in [2.75, 3.05) is 26.4 Å². The minimum Gasteiger partial charge on any atom is -0.462 e. The number of ether oxygens (including phenoxy) is 3. The third-order valence-corrected chi connectivity index (χ3v) is 12.5. The average molecular weight is 955 g/mol. The molecule has 0 aliphatic carbocycles. The monoisotopic (exact) mass is 955 g/mol. The molecule has 0 rings (SSSR count). The summed E-state index contributed by atoms with van der Waals surface area (Å²) in [5.74, 6) is -1.48. The first kappa shape index (κ1) is 63.7. The first-order valence-corrected chi connectivity index (χ1v) is 28.4. The highest BCUT2D eigenvalue weighted by molar-refractivity contribution is 7.47. The van der Waals surface area contributed by atoms with E-state index in [0.717, 1.165) is 77.0 Å². The normalized spacial score (nSPS) is 13.7. The smallest absolute Gasteiger partial charge is 0.462 e. The molecule has 386 valence electrons. The molecule has 3 atom stereocenters. The van der Waals surface area contributed by atoms with E-state index in [2.05, 4.69) is 57.2 Å². The first-order chi connectivity index (χ1) is 32.2. The highest BCUT2D eigenvalue weighted by atomic mass is 31.2. The van der Waals surface area contributed by atoms with Crippen molar-refractivity contribution in [1.29, 1.82) is 0 Å². The van der Waals surface area contributed by atoms with Crippen LogP contribution in [-0.4, -0.2) is 66.5 Å². The predicted molar refractivity (Wildman–Crippen MR) is 270 cm³/mol. The van der Waals surface area contributed by atoms with Gasteiger partial charge in [0.2, 0.25) is 0 Å². The van der Waals surface area contributed by atoms with E-state index in [-0.39, 0.29) is 25.9 Å². The molecular formula is C54H99O11P. The molecule has 0 radical (unpaired) electrons. The highest BCUT2D eigenvalue weighted by Crippen LogP contribution is 2.43. The largest absolute Gasteiger partial charge is 0.472 e. The lowest BCUT2D eigenvalue weighted by atomic mass is 10.0. The number of phosphoric acid groups is 1. The van der Waals surface area contributed by atoms with Crippen molar-refractivity contribution in [2.24, 2.45) is 0 Å². The quantitative estimate of drug-likeness (QED) is 0.0197. The van der Waals surface area contributed by atoms with Crippen LogP contribution in [0.15, 0.2) is 36.5 Å². The van der Waals surface area contributed by atoms with Crippen molar-refractivity contribution in [1.82, 2.24) is 0 Å². The van der Waals surface area contributed by atoms with Crippen molar-refractivity contribution < 1.29 is 52.2 Å². The Labute approximate surface area is 403 Å². The number of carbonyl (C=O) groups excluding carboxylic acids is 3. The maximum atomic E-state index is 12.8. The van der Waals surface area contributed by atoms with Crippen LogP contribution in [0.2, 0.25) is 0 Å². The van der Waals surface area contributed by atoms with Crippen LogP contribution in [0.25, 0.3) is 0 Å². The number of hydrogen-bond acceptors (Lipinski definition) is 10. The van der Waals surface area contributed by atoms with E-state index in [9.17, 15) is 28.9 Å². The van der Waals surface area contributed by atoms with Gasteiger partial charge in [0.05, 0.1) is 19.8 Å². The molecule has 0 aromatic carbocycles. The second-order valence-corrected chi connectivity index (χ2v) is 19.5. The summed E-state index contributed by atoms with van der Waals surface area (Å²) in [5, 5.41) is 9.78. The fourth-order valence-corrected chi connectivity index (χ4v) is 8.27. The lowest BCUT2D eigenvalue weighted by Gasteiger charge is -2.21. The standard InChI is InChI=1S/C54H99O11P/c1-4-7-10-13-16-19-22-25-28-31-34-37-40-43-52(56)61-47-51(65-54(58)45-42-39-36-33-30-27-24-21-18-15-12-9-6-3)49-63-66(59,60)62-48-50(46-55)64-53(57)44-41-38-35-32-29-26-23-20-17-14-11-8-5-2/h9,12,18,21,27,30,50-51,55H,4-8,10-11,13-17,19-20,22-26,28-29,31-49H2,1-3H3,(H,59,60)/b12-9-,21-18-,30-27-. The van der Waals surface area contributed by atoms with Crippen molar-refractivity contribution in [2.45, 2.75) is 264 Å². The van der Waals surface area contributed by atoms with Crippen LogP contribution in [0.1, 0.15) is 252 Å². The molecule has 2 N–H and O–H groups in total. The number of carbonyl (C=O) groups is 3. The van der Waals surface area contributed by atoms with E-state index in [0.29, 0.717) is 19.3 Å². The van der Waals surface area contributed by atoms with Gasteiger partial charge in [-0.15, -0.1) is 0 Å². The molecule has 0 saturated carbocycles. The lowest BCUT2D eigenvalue weighted by molar-refractivity contribution is -0.161. The van der Waals surface area contributed by atoms with Crippen LogP contribution in [0, 0.1) is 0 Å². The van der Waals surface area contributed by atoms with E-state index < -0.39 is 57.8 Å². The Kier molecular flexibility index (Phi) is 47.4. The van der Waals surface area contributed by atoms with Gasteiger partial charge in [0.25, 0.3) is 0 Å². The van der Waals surface area contributed by atoms with Gasteiger partial charge in [-0.1, -0.05) is 218 Å². The van der Waals surface area contributed by atoms with Gasteiger partial charge >= 0.3 is 25.7 Å². The summed E-state index contributed by atoms with van der Waals surface area (Å²) in [7, 11) is -4.74. The van der Waals surface area contributed by atoms with Gasteiger partial charge in [0.15, 0.2) is 6.10 Å². The Morgan fingerprint density at radius 2 is 0.788 bits per heavy atom. The summed E-state index contributed by atoms with van der Waals surface area (Å²) in [4.78, 5) is 48.3. The molecule has 3 unspecified atom stereocenters. The molecule has 11 nitrogen and oxygen atoms in total. The van der Waals surface area contributed by atoms with Crippen molar-refractivity contribution in [3.63, 3.8) is 0 Å². The molecule has 0 saturated heterocycles. The van der Waals surface area contributed by atoms with Crippen LogP contribution in [0.5, 0.6) is 0 Å². The molecular weight excluding hydrogens is 856 g/mol. The van der Waals surface area contributed by atoms with E-state index in [4.69, 9.17) is 23.3 Å². The first-order valence-electron chi connectivity index (χ1n) is 26.9. The topological polar surface area (TPSA) is 155 Å². The summed E-state index contributed by atoms with van der Waals surface area (Å²) in [6.07, 6.45) is 48.2. The van der Waals surface area contributed by atoms with E-state index in [1.807, 2.05) is 0 Å². The molecule has 0 aromatic rings. The molecule has 0 amide bonds. The number of hydrogen-bond donors (Lipinski definition) is 2. The van der Waals surface area contributed by atoms with Gasteiger partial charge in [-0.2, -0.15) is 0 Å². The summed E-state index contributed by atoms with van der Waals surface area (Å²) >= 11 is 0. The predicted octanol–water partition coefficient (Wildman–Crippen LogP) is 15.3. The second kappa shape index (κ2) is 49.1. The third kappa shape index (κ3) is 46.8. The minimum atomic E-state index is -4.74.